The number of benzene rings is 1. The average molecular weight is 282 g/mol. The minimum absolute atomic E-state index is 0.122. The van der Waals surface area contributed by atoms with E-state index in [1.807, 2.05) is 44.2 Å². The molecule has 0 saturated carbocycles. The number of carbonyl (C=O) groups excluding carboxylic acids is 1. The van der Waals surface area contributed by atoms with Gasteiger partial charge in [0.1, 0.15) is 11.5 Å². The Hall–Kier alpha value is -2.54. The Balaban J connectivity index is 2.42. The summed E-state index contributed by atoms with van der Waals surface area (Å²) in [5, 5.41) is 8.82. The van der Waals surface area contributed by atoms with Gasteiger partial charge in [-0.2, -0.15) is 5.26 Å². The first kappa shape index (κ1) is 14.9. The van der Waals surface area contributed by atoms with E-state index in [9.17, 15) is 4.79 Å². The number of nitriles is 1. The van der Waals surface area contributed by atoms with Gasteiger partial charge in [-0.1, -0.05) is 18.2 Å². The van der Waals surface area contributed by atoms with E-state index in [-0.39, 0.29) is 12.3 Å². The van der Waals surface area contributed by atoms with Crippen molar-refractivity contribution in [3.05, 3.63) is 53.0 Å². The number of carbonyl (C=O) groups is 1. The van der Waals surface area contributed by atoms with Crippen LogP contribution in [-0.4, -0.2) is 12.5 Å². The second-order valence-corrected chi connectivity index (χ2v) is 4.91. The zero-order chi connectivity index (χ0) is 15.4. The number of hydrogen-bond acceptors (Lipinski definition) is 3. The maximum Gasteiger partial charge on any atom is 0.262 e. The number of aryl methyl sites for hydroxylation is 2. The standard InChI is InChI=1S/C17H18N2O2/c1-12-13(2)21-14(3)16(12)17(20)19(11-7-10-18)15-8-5-4-6-9-15/h4-6,8-9H,7,11H2,1-3H3. The van der Waals surface area contributed by atoms with Gasteiger partial charge in [-0.25, -0.2) is 0 Å². The molecule has 0 N–H and O–H groups in total. The molecule has 1 aromatic carbocycles. The molecular formula is C17H18N2O2. The van der Waals surface area contributed by atoms with Gasteiger partial charge in [-0.05, 0) is 32.9 Å². The van der Waals surface area contributed by atoms with E-state index in [1.165, 1.54) is 0 Å². The van der Waals surface area contributed by atoms with Crippen LogP contribution in [0.5, 0.6) is 0 Å². The molecule has 2 rings (SSSR count). The molecule has 1 heterocycles. The highest BCUT2D eigenvalue weighted by Crippen LogP contribution is 2.25. The highest BCUT2D eigenvalue weighted by atomic mass is 16.3. The predicted molar refractivity (Wildman–Crippen MR) is 81.3 cm³/mol. The van der Waals surface area contributed by atoms with Crippen LogP contribution < -0.4 is 4.90 Å². The Morgan fingerprint density at radius 1 is 1.19 bits per heavy atom. The van der Waals surface area contributed by atoms with Gasteiger partial charge in [0, 0.05) is 17.8 Å². The molecule has 21 heavy (non-hydrogen) atoms. The van der Waals surface area contributed by atoms with Crippen LogP contribution in [0.4, 0.5) is 5.69 Å². The Kier molecular flexibility index (Phi) is 4.44. The molecule has 0 aliphatic heterocycles. The second kappa shape index (κ2) is 6.27. The van der Waals surface area contributed by atoms with Crippen LogP contribution in [0.2, 0.25) is 0 Å². The fourth-order valence-electron chi connectivity index (χ4n) is 2.36. The van der Waals surface area contributed by atoms with Crippen LogP contribution in [0.25, 0.3) is 0 Å². The number of hydrogen-bond donors (Lipinski definition) is 0. The van der Waals surface area contributed by atoms with E-state index in [4.69, 9.17) is 9.68 Å². The Morgan fingerprint density at radius 3 is 2.38 bits per heavy atom. The van der Waals surface area contributed by atoms with E-state index in [1.54, 1.807) is 11.8 Å². The van der Waals surface area contributed by atoms with Crippen molar-refractivity contribution in [2.24, 2.45) is 0 Å². The first-order valence-corrected chi connectivity index (χ1v) is 6.86. The molecule has 4 heteroatoms. The number of furan rings is 1. The molecule has 1 amide bonds. The maximum absolute atomic E-state index is 12.9. The summed E-state index contributed by atoms with van der Waals surface area (Å²) in [6.45, 7) is 5.89. The van der Waals surface area contributed by atoms with Crippen LogP contribution >= 0.6 is 0 Å². The fraction of sp³-hybridized carbons (Fsp3) is 0.294. The molecule has 0 fully saturated rings. The lowest BCUT2D eigenvalue weighted by Gasteiger charge is -2.22. The van der Waals surface area contributed by atoms with E-state index in [2.05, 4.69) is 6.07 Å². The van der Waals surface area contributed by atoms with Crippen molar-refractivity contribution < 1.29 is 9.21 Å². The van der Waals surface area contributed by atoms with Crippen molar-refractivity contribution in [2.75, 3.05) is 11.4 Å². The summed E-state index contributed by atoms with van der Waals surface area (Å²) in [4.78, 5) is 14.5. The lowest BCUT2D eigenvalue weighted by Crippen LogP contribution is -2.32. The molecule has 1 aromatic heterocycles. The summed E-state index contributed by atoms with van der Waals surface area (Å²) >= 11 is 0. The van der Waals surface area contributed by atoms with Crippen LogP contribution in [0.3, 0.4) is 0 Å². The number of anilines is 1. The summed E-state index contributed by atoms with van der Waals surface area (Å²) in [5.41, 5.74) is 2.24. The smallest absolute Gasteiger partial charge is 0.262 e. The van der Waals surface area contributed by atoms with Crippen LogP contribution in [0.15, 0.2) is 34.7 Å². The molecule has 0 atom stereocenters. The largest absolute Gasteiger partial charge is 0.466 e. The van der Waals surface area contributed by atoms with Gasteiger partial charge >= 0.3 is 0 Å². The summed E-state index contributed by atoms with van der Waals surface area (Å²) in [6, 6.07) is 11.5. The Bertz CT molecular complexity index is 681. The second-order valence-electron chi connectivity index (χ2n) is 4.91. The first-order valence-electron chi connectivity index (χ1n) is 6.86. The van der Waals surface area contributed by atoms with Gasteiger partial charge in [0.2, 0.25) is 0 Å². The van der Waals surface area contributed by atoms with Crippen LogP contribution in [-0.2, 0) is 0 Å². The van der Waals surface area contributed by atoms with Crippen LogP contribution in [0, 0.1) is 32.1 Å². The van der Waals surface area contributed by atoms with E-state index in [0.29, 0.717) is 17.9 Å². The van der Waals surface area contributed by atoms with Crippen molar-refractivity contribution in [3.63, 3.8) is 0 Å². The number of nitrogens with zero attached hydrogens (tertiary/aromatic N) is 2. The molecule has 0 radical (unpaired) electrons. The van der Waals surface area contributed by atoms with Gasteiger partial charge in [-0.15, -0.1) is 0 Å². The monoisotopic (exact) mass is 282 g/mol. The zero-order valence-electron chi connectivity index (χ0n) is 12.5. The third kappa shape index (κ3) is 2.97. The lowest BCUT2D eigenvalue weighted by molar-refractivity contribution is 0.0985. The minimum atomic E-state index is -0.122. The molecule has 108 valence electrons. The minimum Gasteiger partial charge on any atom is -0.466 e. The normalized spacial score (nSPS) is 10.2. The van der Waals surface area contributed by atoms with Gasteiger partial charge in [0.05, 0.1) is 18.1 Å². The van der Waals surface area contributed by atoms with E-state index < -0.39 is 0 Å². The Morgan fingerprint density at radius 2 is 1.86 bits per heavy atom. The number of rotatable bonds is 4. The molecule has 4 nitrogen and oxygen atoms in total. The molecule has 0 saturated heterocycles. The number of para-hydroxylation sites is 1. The van der Waals surface area contributed by atoms with E-state index >= 15 is 0 Å². The first-order chi connectivity index (χ1) is 10.1. The average Bonchev–Trinajstić information content (AvgIpc) is 2.73. The third-order valence-corrected chi connectivity index (χ3v) is 3.54. The highest BCUT2D eigenvalue weighted by Gasteiger charge is 2.24. The van der Waals surface area contributed by atoms with Crippen molar-refractivity contribution in [1.29, 1.82) is 5.26 Å². The van der Waals surface area contributed by atoms with Crippen molar-refractivity contribution in [3.8, 4) is 6.07 Å². The van der Waals surface area contributed by atoms with Gasteiger partial charge < -0.3 is 9.32 Å². The third-order valence-electron chi connectivity index (χ3n) is 3.54. The summed E-state index contributed by atoms with van der Waals surface area (Å²) in [6.07, 6.45) is 0.287. The van der Waals surface area contributed by atoms with Crippen molar-refractivity contribution in [2.45, 2.75) is 27.2 Å². The van der Waals surface area contributed by atoms with Gasteiger partial charge in [0.25, 0.3) is 5.91 Å². The van der Waals surface area contributed by atoms with Crippen molar-refractivity contribution in [1.82, 2.24) is 0 Å². The summed E-state index contributed by atoms with van der Waals surface area (Å²) in [7, 11) is 0. The molecule has 2 aromatic rings. The number of amides is 1. The van der Waals surface area contributed by atoms with Gasteiger partial charge in [-0.3, -0.25) is 4.79 Å². The van der Waals surface area contributed by atoms with Crippen molar-refractivity contribution >= 4 is 11.6 Å². The lowest BCUT2D eigenvalue weighted by atomic mass is 10.1. The highest BCUT2D eigenvalue weighted by molar-refractivity contribution is 6.07. The zero-order valence-corrected chi connectivity index (χ0v) is 12.5. The topological polar surface area (TPSA) is 57.2 Å². The Labute approximate surface area is 124 Å². The van der Waals surface area contributed by atoms with Gasteiger partial charge in [0.15, 0.2) is 0 Å². The molecule has 0 unspecified atom stereocenters. The maximum atomic E-state index is 12.9. The predicted octanol–water partition coefficient (Wildman–Crippen LogP) is 3.77. The quantitative estimate of drug-likeness (QED) is 0.857. The molecule has 0 bridgehead atoms. The molecular weight excluding hydrogens is 264 g/mol. The summed E-state index contributed by atoms with van der Waals surface area (Å²) in [5.74, 6) is 1.25. The van der Waals surface area contributed by atoms with Crippen LogP contribution in [0.1, 0.15) is 33.9 Å². The molecule has 0 aliphatic carbocycles. The summed E-state index contributed by atoms with van der Waals surface area (Å²) < 4.78 is 5.54. The van der Waals surface area contributed by atoms with E-state index in [0.717, 1.165) is 17.0 Å². The molecule has 0 aliphatic rings. The SMILES string of the molecule is Cc1oc(C)c(C(=O)N(CCC#N)c2ccccc2)c1C. The molecule has 0 spiro atoms. The fourth-order valence-corrected chi connectivity index (χ4v) is 2.36.